The van der Waals surface area contributed by atoms with Gasteiger partial charge in [0.15, 0.2) is 0 Å². The summed E-state index contributed by atoms with van der Waals surface area (Å²) in [6.07, 6.45) is 5.94. The number of benzene rings is 1. The van der Waals surface area contributed by atoms with Crippen molar-refractivity contribution < 1.29 is 9.90 Å². The third-order valence-corrected chi connectivity index (χ3v) is 4.66. The molecule has 0 radical (unpaired) electrons. The average molecular weight is 334 g/mol. The third-order valence-electron chi connectivity index (χ3n) is 4.66. The summed E-state index contributed by atoms with van der Waals surface area (Å²) in [6.45, 7) is 0. The minimum atomic E-state index is -0.295. The molecule has 1 fully saturated rings. The molecule has 1 aromatic carbocycles. The molecule has 6 heteroatoms. The van der Waals surface area contributed by atoms with Crippen molar-refractivity contribution in [1.29, 1.82) is 0 Å². The molecule has 1 saturated carbocycles. The van der Waals surface area contributed by atoms with E-state index in [0.717, 1.165) is 5.69 Å². The highest BCUT2D eigenvalue weighted by Gasteiger charge is 2.36. The van der Waals surface area contributed by atoms with Gasteiger partial charge >= 0.3 is 0 Å². The Hall–Kier alpha value is -2.86. The Morgan fingerprint density at radius 1 is 1.04 bits per heavy atom. The molecule has 0 bridgehead atoms. The summed E-state index contributed by atoms with van der Waals surface area (Å²) < 4.78 is 0. The number of carbonyl (C=O) groups excluding carboxylic acids is 1. The number of para-hydroxylation sites is 1. The lowest BCUT2D eigenvalue weighted by Crippen LogP contribution is -2.41. The maximum Gasteiger partial charge on any atom is 0.254 e. The van der Waals surface area contributed by atoms with Crippen LogP contribution in [-0.2, 0) is 0 Å². The molecule has 1 unspecified atom stereocenters. The quantitative estimate of drug-likeness (QED) is 0.764. The van der Waals surface area contributed by atoms with Gasteiger partial charge in [0.1, 0.15) is 5.52 Å². The molecule has 1 atom stereocenters. The molecule has 126 valence electrons. The predicted octanol–water partition coefficient (Wildman–Crippen LogP) is 2.27. The summed E-state index contributed by atoms with van der Waals surface area (Å²) in [5.41, 5.74) is 2.56. The maximum absolute atomic E-state index is 12.9. The second-order valence-electron chi connectivity index (χ2n) is 6.32. The molecule has 3 aromatic rings. The van der Waals surface area contributed by atoms with Gasteiger partial charge in [0.05, 0.1) is 28.9 Å². The number of aliphatic hydroxyl groups is 1. The van der Waals surface area contributed by atoms with Gasteiger partial charge in [-0.2, -0.15) is 0 Å². The lowest BCUT2D eigenvalue weighted by molar-refractivity contribution is 0.0228. The first-order chi connectivity index (χ1) is 12.2. The fourth-order valence-corrected chi connectivity index (χ4v) is 3.29. The van der Waals surface area contributed by atoms with E-state index in [1.165, 1.54) is 0 Å². The first-order valence-corrected chi connectivity index (χ1v) is 8.32. The normalized spacial score (nSPS) is 20.7. The number of pyridine rings is 1. The van der Waals surface area contributed by atoms with E-state index in [0.29, 0.717) is 29.4 Å². The fourth-order valence-electron chi connectivity index (χ4n) is 3.29. The van der Waals surface area contributed by atoms with Crippen molar-refractivity contribution in [2.75, 3.05) is 0 Å². The number of aliphatic hydroxyl groups excluding tert-OH is 1. The summed E-state index contributed by atoms with van der Waals surface area (Å²) in [6, 6.07) is 10.8. The summed E-state index contributed by atoms with van der Waals surface area (Å²) >= 11 is 0. The highest BCUT2D eigenvalue weighted by Crippen LogP contribution is 2.37. The van der Waals surface area contributed by atoms with Crippen molar-refractivity contribution in [3.63, 3.8) is 0 Å². The number of hydrogen-bond donors (Lipinski definition) is 2. The van der Waals surface area contributed by atoms with Gasteiger partial charge in [-0.1, -0.05) is 12.1 Å². The minimum absolute atomic E-state index is 0.176. The van der Waals surface area contributed by atoms with Crippen molar-refractivity contribution in [2.24, 2.45) is 5.92 Å². The summed E-state index contributed by atoms with van der Waals surface area (Å²) in [5.74, 6) is -0.0296. The smallest absolute Gasteiger partial charge is 0.254 e. The second-order valence-corrected chi connectivity index (χ2v) is 6.32. The van der Waals surface area contributed by atoms with Crippen LogP contribution in [0.1, 0.15) is 34.9 Å². The fraction of sp³-hybridized carbons (Fsp3) is 0.263. The molecule has 0 aliphatic heterocycles. The highest BCUT2D eigenvalue weighted by atomic mass is 16.3. The van der Waals surface area contributed by atoms with Gasteiger partial charge < -0.3 is 10.4 Å². The van der Waals surface area contributed by atoms with E-state index in [1.54, 1.807) is 30.7 Å². The molecule has 0 spiro atoms. The maximum atomic E-state index is 12.9. The molecule has 1 aliphatic rings. The van der Waals surface area contributed by atoms with Crippen molar-refractivity contribution in [2.45, 2.75) is 25.0 Å². The van der Waals surface area contributed by atoms with Crippen LogP contribution in [0.4, 0.5) is 0 Å². The van der Waals surface area contributed by atoms with Crippen LogP contribution in [0.5, 0.6) is 0 Å². The molecular weight excluding hydrogens is 316 g/mol. The summed E-state index contributed by atoms with van der Waals surface area (Å²) in [4.78, 5) is 25.8. The first-order valence-electron chi connectivity index (χ1n) is 8.32. The Kier molecular flexibility index (Phi) is 4.11. The van der Waals surface area contributed by atoms with E-state index in [2.05, 4.69) is 20.3 Å². The predicted molar refractivity (Wildman–Crippen MR) is 92.7 cm³/mol. The molecule has 0 saturated heterocycles. The monoisotopic (exact) mass is 334 g/mol. The second kappa shape index (κ2) is 6.57. The largest absolute Gasteiger partial charge is 0.393 e. The topological polar surface area (TPSA) is 88.0 Å². The number of fused-ring (bicyclic) bond motifs is 1. The Bertz CT molecular complexity index is 889. The van der Waals surface area contributed by atoms with Gasteiger partial charge in [0.2, 0.25) is 0 Å². The molecule has 2 N–H and O–H groups in total. The number of rotatable bonds is 4. The van der Waals surface area contributed by atoms with E-state index in [1.807, 2.05) is 24.3 Å². The Morgan fingerprint density at radius 3 is 2.64 bits per heavy atom. The van der Waals surface area contributed by atoms with Crippen molar-refractivity contribution in [1.82, 2.24) is 20.3 Å². The van der Waals surface area contributed by atoms with Gasteiger partial charge in [-0.3, -0.25) is 19.7 Å². The van der Waals surface area contributed by atoms with E-state index in [9.17, 15) is 9.90 Å². The minimum Gasteiger partial charge on any atom is -0.393 e. The van der Waals surface area contributed by atoms with Crippen molar-refractivity contribution >= 4 is 16.9 Å². The lowest BCUT2D eigenvalue weighted by atomic mass is 9.76. The van der Waals surface area contributed by atoms with Crippen LogP contribution in [0, 0.1) is 5.92 Å². The van der Waals surface area contributed by atoms with E-state index < -0.39 is 0 Å². The zero-order chi connectivity index (χ0) is 17.2. The molecule has 2 heterocycles. The molecular formula is C19H18N4O2. The highest BCUT2D eigenvalue weighted by molar-refractivity contribution is 6.04. The molecule has 6 nitrogen and oxygen atoms in total. The standard InChI is InChI=1S/C19H18N4O2/c24-13-10-12(11-13)17(15-5-1-2-7-20-15)23-19(25)14-4-3-6-16-18(14)22-9-8-21-16/h1-9,12-13,17,24H,10-11H2,(H,23,25). The van der Waals surface area contributed by atoms with Crippen LogP contribution >= 0.6 is 0 Å². The van der Waals surface area contributed by atoms with Crippen LogP contribution in [-0.4, -0.2) is 32.1 Å². The average Bonchev–Trinajstić information content (AvgIpc) is 2.64. The number of carbonyl (C=O) groups is 1. The molecule has 1 aliphatic carbocycles. The Balaban J connectivity index is 1.64. The zero-order valence-corrected chi connectivity index (χ0v) is 13.5. The summed E-state index contributed by atoms with van der Waals surface area (Å²) in [7, 11) is 0. The SMILES string of the molecule is O=C(NC(c1ccccn1)C1CC(O)C1)c1cccc2nccnc12. The molecule has 4 rings (SSSR count). The van der Waals surface area contributed by atoms with Gasteiger partial charge in [-0.05, 0) is 43.0 Å². The lowest BCUT2D eigenvalue weighted by Gasteiger charge is -2.37. The molecule has 25 heavy (non-hydrogen) atoms. The van der Waals surface area contributed by atoms with Crippen LogP contribution < -0.4 is 5.32 Å². The Labute approximate surface area is 145 Å². The van der Waals surface area contributed by atoms with Crippen LogP contribution in [0.3, 0.4) is 0 Å². The number of hydrogen-bond acceptors (Lipinski definition) is 5. The Morgan fingerprint density at radius 2 is 1.88 bits per heavy atom. The molecule has 2 aromatic heterocycles. The third kappa shape index (κ3) is 3.08. The van der Waals surface area contributed by atoms with Crippen molar-refractivity contribution in [3.05, 3.63) is 66.2 Å². The van der Waals surface area contributed by atoms with Crippen LogP contribution in [0.25, 0.3) is 11.0 Å². The van der Waals surface area contributed by atoms with E-state index in [-0.39, 0.29) is 24.0 Å². The summed E-state index contributed by atoms with van der Waals surface area (Å²) in [5, 5.41) is 12.7. The van der Waals surface area contributed by atoms with Crippen LogP contribution in [0.15, 0.2) is 55.0 Å². The van der Waals surface area contributed by atoms with Gasteiger partial charge in [0, 0.05) is 18.6 Å². The number of aromatic nitrogens is 3. The van der Waals surface area contributed by atoms with Gasteiger partial charge in [-0.15, -0.1) is 0 Å². The molecule has 1 amide bonds. The van der Waals surface area contributed by atoms with E-state index >= 15 is 0 Å². The van der Waals surface area contributed by atoms with Crippen LogP contribution in [0.2, 0.25) is 0 Å². The van der Waals surface area contributed by atoms with Crippen molar-refractivity contribution in [3.8, 4) is 0 Å². The van der Waals surface area contributed by atoms with E-state index in [4.69, 9.17) is 0 Å². The van der Waals surface area contributed by atoms with Gasteiger partial charge in [-0.25, -0.2) is 0 Å². The number of amides is 1. The number of nitrogens with zero attached hydrogens (tertiary/aromatic N) is 3. The first kappa shape index (κ1) is 15.7. The number of nitrogens with one attached hydrogen (secondary N) is 1. The van der Waals surface area contributed by atoms with Gasteiger partial charge in [0.25, 0.3) is 5.91 Å². The zero-order valence-electron chi connectivity index (χ0n) is 13.5.